The molecule has 10 heteroatoms. The average molecular weight is 543 g/mol. The van der Waals surface area contributed by atoms with E-state index in [9.17, 15) is 14.4 Å². The van der Waals surface area contributed by atoms with Gasteiger partial charge in [-0.2, -0.15) is 0 Å². The molecule has 0 atom stereocenters. The van der Waals surface area contributed by atoms with E-state index in [1.54, 1.807) is 62.5 Å². The number of anilines is 1. The van der Waals surface area contributed by atoms with Gasteiger partial charge in [-0.15, -0.1) is 0 Å². The Morgan fingerprint density at radius 3 is 2.43 bits per heavy atom. The molecule has 196 valence electrons. The van der Waals surface area contributed by atoms with E-state index in [-0.39, 0.29) is 11.8 Å². The number of benzene rings is 2. The molecule has 37 heavy (non-hydrogen) atoms. The number of carbonyl (C=O) groups excluding carboxylic acids is 3. The molecule has 0 aromatic heterocycles. The van der Waals surface area contributed by atoms with Crippen LogP contribution < -0.4 is 14.8 Å². The number of nitrogens with one attached hydrogen (secondary N) is 1. The predicted octanol–water partition coefficient (Wildman–Crippen LogP) is 5.28. The minimum atomic E-state index is -0.390. The highest BCUT2D eigenvalue weighted by atomic mass is 32.2. The van der Waals surface area contributed by atoms with Gasteiger partial charge in [0, 0.05) is 18.7 Å². The fourth-order valence-electron chi connectivity index (χ4n) is 3.65. The van der Waals surface area contributed by atoms with E-state index in [0.717, 1.165) is 18.4 Å². The van der Waals surface area contributed by atoms with E-state index in [1.807, 2.05) is 12.1 Å². The van der Waals surface area contributed by atoms with E-state index in [2.05, 4.69) is 5.32 Å². The van der Waals surface area contributed by atoms with Crippen LogP contribution in [0.3, 0.4) is 0 Å². The maximum atomic E-state index is 12.9. The lowest BCUT2D eigenvalue weighted by Gasteiger charge is -2.14. The SMILES string of the molecule is CCOC(=O)c1ccc(NC(=O)CCCCCN2C(=O)/C(=C/c3ccc(OC)c(OC)c3)SC2=S)cc1. The molecule has 1 saturated heterocycles. The summed E-state index contributed by atoms with van der Waals surface area (Å²) >= 11 is 6.70. The topological polar surface area (TPSA) is 94.2 Å². The van der Waals surface area contributed by atoms with Crippen LogP contribution >= 0.6 is 24.0 Å². The number of thioether (sulfide) groups is 1. The summed E-state index contributed by atoms with van der Waals surface area (Å²) < 4.78 is 16.1. The third-order valence-electron chi connectivity index (χ3n) is 5.54. The lowest BCUT2D eigenvalue weighted by molar-refractivity contribution is -0.122. The van der Waals surface area contributed by atoms with Gasteiger partial charge in [-0.05, 0) is 67.8 Å². The zero-order chi connectivity index (χ0) is 26.8. The fourth-order valence-corrected chi connectivity index (χ4v) is 4.96. The molecular formula is C27H30N2O6S2. The summed E-state index contributed by atoms with van der Waals surface area (Å²) in [6.45, 7) is 2.56. The Hall–Kier alpha value is -3.37. The molecule has 2 aromatic carbocycles. The summed E-state index contributed by atoms with van der Waals surface area (Å²) in [5.41, 5.74) is 1.88. The molecule has 8 nitrogen and oxygen atoms in total. The third-order valence-corrected chi connectivity index (χ3v) is 6.92. The van der Waals surface area contributed by atoms with Gasteiger partial charge in [0.2, 0.25) is 5.91 Å². The molecule has 1 N–H and O–H groups in total. The van der Waals surface area contributed by atoms with Crippen molar-refractivity contribution in [2.45, 2.75) is 32.6 Å². The van der Waals surface area contributed by atoms with Crippen LogP contribution in [0, 0.1) is 0 Å². The molecule has 1 aliphatic rings. The molecule has 0 bridgehead atoms. The van der Waals surface area contributed by atoms with Crippen molar-refractivity contribution in [2.75, 3.05) is 32.7 Å². The monoisotopic (exact) mass is 542 g/mol. The van der Waals surface area contributed by atoms with Crippen molar-refractivity contribution in [3.63, 3.8) is 0 Å². The molecule has 1 aliphatic heterocycles. The summed E-state index contributed by atoms with van der Waals surface area (Å²) in [7, 11) is 3.14. The molecule has 0 spiro atoms. The molecule has 0 unspecified atom stereocenters. The Labute approximate surface area is 226 Å². The van der Waals surface area contributed by atoms with E-state index < -0.39 is 5.97 Å². The van der Waals surface area contributed by atoms with Gasteiger partial charge >= 0.3 is 5.97 Å². The second-order valence-electron chi connectivity index (χ2n) is 8.10. The molecule has 1 heterocycles. The number of methoxy groups -OCH3 is 2. The average Bonchev–Trinajstić information content (AvgIpc) is 3.16. The van der Waals surface area contributed by atoms with Gasteiger partial charge in [0.25, 0.3) is 5.91 Å². The van der Waals surface area contributed by atoms with Gasteiger partial charge in [0.1, 0.15) is 4.32 Å². The van der Waals surface area contributed by atoms with Crippen LogP contribution in [-0.4, -0.2) is 54.4 Å². The van der Waals surface area contributed by atoms with Crippen molar-refractivity contribution in [3.8, 4) is 11.5 Å². The van der Waals surface area contributed by atoms with Crippen molar-refractivity contribution in [1.82, 2.24) is 4.90 Å². The zero-order valence-corrected chi connectivity index (χ0v) is 22.7. The van der Waals surface area contributed by atoms with E-state index in [0.29, 0.717) is 58.0 Å². The smallest absolute Gasteiger partial charge is 0.338 e. The Balaban J connectivity index is 1.42. The maximum Gasteiger partial charge on any atom is 0.338 e. The first-order valence-electron chi connectivity index (χ1n) is 11.9. The van der Waals surface area contributed by atoms with E-state index in [4.69, 9.17) is 26.4 Å². The summed E-state index contributed by atoms with van der Waals surface area (Å²) in [6.07, 6.45) is 4.35. The number of hydrogen-bond donors (Lipinski definition) is 1. The molecule has 2 amide bonds. The number of nitrogens with zero attached hydrogens (tertiary/aromatic N) is 1. The van der Waals surface area contributed by atoms with Crippen molar-refractivity contribution in [3.05, 3.63) is 58.5 Å². The largest absolute Gasteiger partial charge is 0.493 e. The highest BCUT2D eigenvalue weighted by molar-refractivity contribution is 8.26. The number of amides is 2. The number of thiocarbonyl (C=S) groups is 1. The molecule has 0 radical (unpaired) electrons. The van der Waals surface area contributed by atoms with Crippen LogP contribution in [0.4, 0.5) is 5.69 Å². The first-order chi connectivity index (χ1) is 17.9. The van der Waals surface area contributed by atoms with Gasteiger partial charge in [-0.1, -0.05) is 36.5 Å². The van der Waals surface area contributed by atoms with Gasteiger partial charge in [0.05, 0.1) is 31.3 Å². The highest BCUT2D eigenvalue weighted by Gasteiger charge is 2.31. The standard InChI is InChI=1S/C27H30N2O6S2/c1-4-35-26(32)19-10-12-20(13-11-19)28-24(30)8-6-5-7-15-29-25(31)23(37-27(29)36)17-18-9-14-21(33-2)22(16-18)34-3/h9-14,16-17H,4-8,15H2,1-3H3,(H,28,30)/b23-17-. The number of esters is 1. The van der Waals surface area contributed by atoms with Crippen LogP contribution in [0.1, 0.15) is 48.5 Å². The van der Waals surface area contributed by atoms with Crippen LogP contribution in [0.15, 0.2) is 47.4 Å². The Kier molecular flexibility index (Phi) is 10.5. The molecule has 1 fully saturated rings. The van der Waals surface area contributed by atoms with E-state index >= 15 is 0 Å². The normalized spacial score (nSPS) is 14.1. The first kappa shape index (κ1) is 28.2. The molecule has 0 aliphatic carbocycles. The molecule has 0 saturated carbocycles. The van der Waals surface area contributed by atoms with Crippen molar-refractivity contribution in [1.29, 1.82) is 0 Å². The Morgan fingerprint density at radius 2 is 1.76 bits per heavy atom. The zero-order valence-electron chi connectivity index (χ0n) is 21.1. The van der Waals surface area contributed by atoms with Crippen molar-refractivity contribution >= 4 is 57.8 Å². The molecule has 2 aromatic rings. The minimum absolute atomic E-state index is 0.104. The van der Waals surface area contributed by atoms with Gasteiger partial charge in [-0.25, -0.2) is 4.79 Å². The number of hydrogen-bond acceptors (Lipinski definition) is 8. The lowest BCUT2D eigenvalue weighted by atomic mass is 10.1. The summed E-state index contributed by atoms with van der Waals surface area (Å²) in [6, 6.07) is 12.0. The van der Waals surface area contributed by atoms with Crippen molar-refractivity contribution in [2.24, 2.45) is 0 Å². The van der Waals surface area contributed by atoms with Crippen LogP contribution in [0.2, 0.25) is 0 Å². The quantitative estimate of drug-likeness (QED) is 0.168. The second kappa shape index (κ2) is 13.8. The van der Waals surface area contributed by atoms with Crippen LogP contribution in [0.5, 0.6) is 11.5 Å². The van der Waals surface area contributed by atoms with E-state index in [1.165, 1.54) is 11.8 Å². The van der Waals surface area contributed by atoms with Gasteiger partial charge in [0.15, 0.2) is 11.5 Å². The summed E-state index contributed by atoms with van der Waals surface area (Å²) in [5.74, 6) is 0.594. The first-order valence-corrected chi connectivity index (χ1v) is 13.1. The fraction of sp³-hybridized carbons (Fsp3) is 0.333. The number of rotatable bonds is 12. The van der Waals surface area contributed by atoms with Crippen molar-refractivity contribution < 1.29 is 28.6 Å². The van der Waals surface area contributed by atoms with Gasteiger partial charge < -0.3 is 19.5 Å². The Bertz CT molecular complexity index is 1180. The third kappa shape index (κ3) is 7.80. The number of carbonyl (C=O) groups is 3. The lowest BCUT2D eigenvalue weighted by Crippen LogP contribution is -2.29. The van der Waals surface area contributed by atoms with Gasteiger partial charge in [-0.3, -0.25) is 14.5 Å². The summed E-state index contributed by atoms with van der Waals surface area (Å²) in [5, 5.41) is 2.83. The molecule has 3 rings (SSSR count). The molecular weight excluding hydrogens is 512 g/mol. The minimum Gasteiger partial charge on any atom is -0.493 e. The predicted molar refractivity (Wildman–Crippen MR) is 149 cm³/mol. The highest BCUT2D eigenvalue weighted by Crippen LogP contribution is 2.34. The second-order valence-corrected chi connectivity index (χ2v) is 9.78. The van der Waals surface area contributed by atoms with Crippen LogP contribution in [-0.2, 0) is 14.3 Å². The Morgan fingerprint density at radius 1 is 1.03 bits per heavy atom. The number of unbranched alkanes of at least 4 members (excludes halogenated alkanes) is 2. The number of ether oxygens (including phenoxy) is 3. The van der Waals surface area contributed by atoms with Crippen LogP contribution in [0.25, 0.3) is 6.08 Å². The maximum absolute atomic E-state index is 12.9. The summed E-state index contributed by atoms with van der Waals surface area (Å²) in [4.78, 5) is 39.0.